The molecule has 0 spiro atoms. The van der Waals surface area contributed by atoms with Crippen LogP contribution in [0.4, 0.5) is 13.2 Å². The van der Waals surface area contributed by atoms with E-state index in [2.05, 4.69) is 14.9 Å². The summed E-state index contributed by atoms with van der Waals surface area (Å²) in [5, 5.41) is 24.4. The molecule has 2 aromatic carbocycles. The van der Waals surface area contributed by atoms with Gasteiger partial charge in [-0.05, 0) is 60.7 Å². The number of hydrogen-bond donors (Lipinski definition) is 2. The summed E-state index contributed by atoms with van der Waals surface area (Å²) >= 11 is 1.46. The molecule has 1 aromatic heterocycles. The molecule has 3 aromatic rings. The molecule has 0 saturated carbocycles. The number of phenols is 1. The number of alkyl halides is 3. The van der Waals surface area contributed by atoms with Crippen molar-refractivity contribution in [2.24, 2.45) is 5.16 Å². The molecule has 1 unspecified atom stereocenters. The van der Waals surface area contributed by atoms with Crippen LogP contribution >= 0.6 is 11.3 Å². The van der Waals surface area contributed by atoms with Crippen LogP contribution < -0.4 is 4.74 Å². The topological polar surface area (TPSA) is 92.0 Å². The lowest BCUT2D eigenvalue weighted by atomic mass is 9.78. The SMILES string of the molecule is O=C1CC(CCc2csc(-c3ccc(O)cc3)n2)c2ccc(OC(F)(F)F)cc2/C1=N/O. The minimum atomic E-state index is -4.87. The summed E-state index contributed by atoms with van der Waals surface area (Å²) in [6.45, 7) is 0. The van der Waals surface area contributed by atoms with Crippen molar-refractivity contribution in [3.8, 4) is 22.1 Å². The standard InChI is InChI=1S/C22H17F3N2O4S/c23-22(24,25)31-16-7-8-17-13(9-19(29)20(27-30)18(17)10-16)1-4-14-11-32-21(26-14)12-2-5-15(28)6-3-12/h2-3,5-8,10-11,13,28,30H,1,4,9H2/b27-20-. The van der Waals surface area contributed by atoms with Crippen molar-refractivity contribution in [3.63, 3.8) is 0 Å². The molecule has 4 rings (SSSR count). The summed E-state index contributed by atoms with van der Waals surface area (Å²) in [5.41, 5.74) is 2.19. The van der Waals surface area contributed by atoms with Gasteiger partial charge in [0, 0.05) is 22.9 Å². The number of thiazole rings is 1. The molecule has 0 fully saturated rings. The third-order valence-corrected chi connectivity index (χ3v) is 6.10. The van der Waals surface area contributed by atoms with Crippen LogP contribution in [0.2, 0.25) is 0 Å². The van der Waals surface area contributed by atoms with E-state index in [0.29, 0.717) is 18.4 Å². The number of nitrogens with zero attached hydrogens (tertiary/aromatic N) is 2. The first-order valence-electron chi connectivity index (χ1n) is 9.62. The van der Waals surface area contributed by atoms with Gasteiger partial charge in [-0.2, -0.15) is 0 Å². The number of benzene rings is 2. The summed E-state index contributed by atoms with van der Waals surface area (Å²) in [7, 11) is 0. The number of hydrogen-bond acceptors (Lipinski definition) is 7. The number of oxime groups is 1. The number of ether oxygens (including phenoxy) is 1. The number of carbonyl (C=O) groups is 1. The molecule has 166 valence electrons. The van der Waals surface area contributed by atoms with Gasteiger partial charge in [-0.1, -0.05) is 11.2 Å². The summed E-state index contributed by atoms with van der Waals surface area (Å²) < 4.78 is 41.7. The zero-order chi connectivity index (χ0) is 22.9. The molecule has 1 aliphatic carbocycles. The average molecular weight is 462 g/mol. The molecule has 32 heavy (non-hydrogen) atoms. The fourth-order valence-corrected chi connectivity index (χ4v) is 4.58. The van der Waals surface area contributed by atoms with E-state index in [1.807, 2.05) is 5.38 Å². The van der Waals surface area contributed by atoms with Crippen LogP contribution in [-0.2, 0) is 11.2 Å². The quantitative estimate of drug-likeness (QED) is 0.398. The van der Waals surface area contributed by atoms with E-state index < -0.39 is 17.9 Å². The Bertz CT molecular complexity index is 1170. The van der Waals surface area contributed by atoms with E-state index in [4.69, 9.17) is 0 Å². The zero-order valence-corrected chi connectivity index (χ0v) is 17.3. The molecule has 1 atom stereocenters. The first-order chi connectivity index (χ1) is 15.2. The van der Waals surface area contributed by atoms with E-state index in [-0.39, 0.29) is 29.4 Å². The van der Waals surface area contributed by atoms with Crippen molar-refractivity contribution in [1.29, 1.82) is 0 Å². The maximum atomic E-state index is 12.6. The van der Waals surface area contributed by atoms with E-state index in [1.54, 1.807) is 24.3 Å². The third-order valence-electron chi connectivity index (χ3n) is 5.16. The Morgan fingerprint density at radius 1 is 1.19 bits per heavy atom. The van der Waals surface area contributed by atoms with Gasteiger partial charge >= 0.3 is 6.36 Å². The minimum Gasteiger partial charge on any atom is -0.508 e. The number of aryl methyl sites for hydroxylation is 1. The van der Waals surface area contributed by atoms with E-state index in [1.165, 1.54) is 23.5 Å². The second-order valence-corrected chi connectivity index (χ2v) is 8.16. The second kappa shape index (κ2) is 8.62. The molecule has 1 heterocycles. The maximum absolute atomic E-state index is 12.6. The van der Waals surface area contributed by atoms with Crippen LogP contribution in [0.5, 0.6) is 11.5 Å². The second-order valence-electron chi connectivity index (χ2n) is 7.30. The van der Waals surface area contributed by atoms with Gasteiger partial charge in [-0.15, -0.1) is 24.5 Å². The molecule has 0 bridgehead atoms. The summed E-state index contributed by atoms with van der Waals surface area (Å²) in [6.07, 6.45) is -3.70. The largest absolute Gasteiger partial charge is 0.573 e. The molecule has 2 N–H and O–H groups in total. The maximum Gasteiger partial charge on any atom is 0.573 e. The summed E-state index contributed by atoms with van der Waals surface area (Å²) in [6, 6.07) is 10.4. The van der Waals surface area contributed by atoms with Crippen LogP contribution in [-0.4, -0.2) is 33.2 Å². The van der Waals surface area contributed by atoms with Crippen molar-refractivity contribution in [3.05, 3.63) is 64.7 Å². The highest BCUT2D eigenvalue weighted by atomic mass is 32.1. The van der Waals surface area contributed by atoms with Crippen LogP contribution in [0.3, 0.4) is 0 Å². The third kappa shape index (κ3) is 4.75. The van der Waals surface area contributed by atoms with Crippen LogP contribution in [0.15, 0.2) is 53.0 Å². The minimum absolute atomic E-state index is 0.0842. The average Bonchev–Trinajstić information content (AvgIpc) is 3.20. The Morgan fingerprint density at radius 3 is 2.62 bits per heavy atom. The van der Waals surface area contributed by atoms with Gasteiger partial charge in [0.25, 0.3) is 0 Å². The molecule has 0 amide bonds. The van der Waals surface area contributed by atoms with Gasteiger partial charge in [-0.3, -0.25) is 4.79 Å². The number of halogens is 3. The lowest BCUT2D eigenvalue weighted by Gasteiger charge is -2.25. The molecule has 1 aliphatic rings. The van der Waals surface area contributed by atoms with Gasteiger partial charge in [0.2, 0.25) is 0 Å². The van der Waals surface area contributed by atoms with Crippen molar-refractivity contribution >= 4 is 22.8 Å². The van der Waals surface area contributed by atoms with Crippen LogP contribution in [0, 0.1) is 0 Å². The van der Waals surface area contributed by atoms with Gasteiger partial charge in [0.15, 0.2) is 11.5 Å². The predicted molar refractivity (Wildman–Crippen MR) is 111 cm³/mol. The molecule has 10 heteroatoms. The van der Waals surface area contributed by atoms with Crippen LogP contribution in [0.1, 0.15) is 35.6 Å². The van der Waals surface area contributed by atoms with Gasteiger partial charge < -0.3 is 15.1 Å². The first kappa shape index (κ1) is 21.8. The Balaban J connectivity index is 1.54. The van der Waals surface area contributed by atoms with Gasteiger partial charge in [-0.25, -0.2) is 4.98 Å². The summed E-state index contributed by atoms with van der Waals surface area (Å²) in [5.74, 6) is -1.02. The molecular weight excluding hydrogens is 445 g/mol. The number of Topliss-reactive ketones (excluding diaryl/α,β-unsaturated/α-hetero) is 1. The van der Waals surface area contributed by atoms with Crippen molar-refractivity contribution in [2.75, 3.05) is 0 Å². The fraction of sp³-hybridized carbons (Fsp3) is 0.227. The van der Waals surface area contributed by atoms with E-state index in [9.17, 15) is 28.3 Å². The monoisotopic (exact) mass is 462 g/mol. The van der Waals surface area contributed by atoms with Crippen molar-refractivity contribution in [1.82, 2.24) is 4.98 Å². The van der Waals surface area contributed by atoms with Gasteiger partial charge in [0.05, 0.1) is 5.69 Å². The lowest BCUT2D eigenvalue weighted by Crippen LogP contribution is -2.27. The van der Waals surface area contributed by atoms with Crippen LogP contribution in [0.25, 0.3) is 10.6 Å². The summed E-state index contributed by atoms with van der Waals surface area (Å²) in [4.78, 5) is 17.0. The smallest absolute Gasteiger partial charge is 0.508 e. The van der Waals surface area contributed by atoms with E-state index in [0.717, 1.165) is 22.3 Å². The lowest BCUT2D eigenvalue weighted by molar-refractivity contribution is -0.274. The van der Waals surface area contributed by atoms with E-state index >= 15 is 0 Å². The highest BCUT2D eigenvalue weighted by molar-refractivity contribution is 7.13. The normalized spacial score (nSPS) is 17.4. The Labute approximate surface area is 184 Å². The number of ketones is 1. The zero-order valence-electron chi connectivity index (χ0n) is 16.5. The molecule has 0 radical (unpaired) electrons. The fourth-order valence-electron chi connectivity index (χ4n) is 3.72. The molecular formula is C22H17F3N2O4S. The highest BCUT2D eigenvalue weighted by Crippen LogP contribution is 2.37. The number of aromatic hydroxyl groups is 1. The van der Waals surface area contributed by atoms with Crippen molar-refractivity contribution in [2.45, 2.75) is 31.5 Å². The first-order valence-corrected chi connectivity index (χ1v) is 10.5. The predicted octanol–water partition coefficient (Wildman–Crippen LogP) is 5.28. The van der Waals surface area contributed by atoms with Gasteiger partial charge in [0.1, 0.15) is 16.5 Å². The number of rotatable bonds is 5. The number of fused-ring (bicyclic) bond motifs is 1. The van der Waals surface area contributed by atoms with Crippen molar-refractivity contribution < 1.29 is 33.0 Å². The molecule has 6 nitrogen and oxygen atoms in total. The Kier molecular flexibility index (Phi) is 5.88. The highest BCUT2D eigenvalue weighted by Gasteiger charge is 2.34. The Hall–Kier alpha value is -3.40. The molecule has 0 saturated heterocycles. The number of carbonyl (C=O) groups excluding carboxylic acids is 1. The Morgan fingerprint density at radius 2 is 1.94 bits per heavy atom. The molecule has 0 aliphatic heterocycles. The number of aromatic nitrogens is 1. The number of phenolic OH excluding ortho intramolecular Hbond substituents is 1.